The molecule has 39 heavy (non-hydrogen) atoms. The summed E-state index contributed by atoms with van der Waals surface area (Å²) in [5.41, 5.74) is 16.8. The molecule has 0 aliphatic carbocycles. The highest BCUT2D eigenvalue weighted by Crippen LogP contribution is 2.32. The predicted octanol–water partition coefficient (Wildman–Crippen LogP) is 6.87. The van der Waals surface area contributed by atoms with Gasteiger partial charge in [0.25, 0.3) is 0 Å². The first-order valence-electron chi connectivity index (χ1n) is 13.0. The Morgan fingerprint density at radius 1 is 1.05 bits per heavy atom. The summed E-state index contributed by atoms with van der Waals surface area (Å²) >= 11 is 0. The predicted molar refractivity (Wildman–Crippen MR) is 156 cm³/mol. The average molecular weight is 530 g/mol. The Hall–Kier alpha value is -4.46. The summed E-state index contributed by atoms with van der Waals surface area (Å²) in [6.07, 6.45) is 4.35. The standard InChI is InChI=1S/C27H26FN5O2.C4H10/c1-15-7-12-23-22(14-31-33-23)24(15)26(25(29)16(2)27(30)34)32-17(3)18-5-4-6-21(13-18)35-20-10-8-19(28)9-11-20;1-3-4-2/h4-14,16H,29H2,1-3H3,(H2,30,34)(H,31,33);3-4H2,1-2H3/b26-25+,32-17?;. The van der Waals surface area contributed by atoms with Gasteiger partial charge in [-0.3, -0.25) is 14.9 Å². The van der Waals surface area contributed by atoms with Gasteiger partial charge < -0.3 is 16.2 Å². The van der Waals surface area contributed by atoms with Crippen LogP contribution >= 0.6 is 0 Å². The second-order valence-corrected chi connectivity index (χ2v) is 9.30. The number of aryl methyl sites for hydroxylation is 1. The maximum atomic E-state index is 13.2. The third-order valence-corrected chi connectivity index (χ3v) is 6.32. The second kappa shape index (κ2) is 13.4. The number of halogens is 1. The number of amides is 1. The van der Waals surface area contributed by atoms with Crippen molar-refractivity contribution >= 4 is 28.2 Å². The van der Waals surface area contributed by atoms with Crippen LogP contribution in [0.25, 0.3) is 16.6 Å². The molecule has 1 aromatic heterocycles. The first-order valence-corrected chi connectivity index (χ1v) is 13.0. The van der Waals surface area contributed by atoms with Gasteiger partial charge in [-0.05, 0) is 74.4 Å². The lowest BCUT2D eigenvalue weighted by Gasteiger charge is -2.16. The van der Waals surface area contributed by atoms with Crippen LogP contribution in [0.1, 0.15) is 57.2 Å². The number of H-pyrrole nitrogens is 1. The number of benzene rings is 3. The van der Waals surface area contributed by atoms with Crippen molar-refractivity contribution in [3.05, 3.63) is 95.1 Å². The SMILES string of the molecule is CC(=N/C(=C(/N)C(C)C(N)=O)c1c(C)ccc2[nH]ncc12)c1cccc(Oc2ccc(F)cc2)c1.CCCC. The van der Waals surface area contributed by atoms with Crippen molar-refractivity contribution in [3.8, 4) is 11.5 Å². The van der Waals surface area contributed by atoms with Crippen LogP contribution in [-0.4, -0.2) is 21.8 Å². The smallest absolute Gasteiger partial charge is 0.226 e. The maximum Gasteiger partial charge on any atom is 0.226 e. The molecule has 5 N–H and O–H groups in total. The minimum atomic E-state index is -0.726. The van der Waals surface area contributed by atoms with E-state index in [1.807, 2.05) is 44.2 Å². The number of carbonyl (C=O) groups is 1. The first kappa shape index (κ1) is 29.1. The summed E-state index contributed by atoms with van der Waals surface area (Å²) < 4.78 is 19.1. The van der Waals surface area contributed by atoms with Crippen molar-refractivity contribution < 1.29 is 13.9 Å². The van der Waals surface area contributed by atoms with E-state index < -0.39 is 11.8 Å². The normalized spacial score (nSPS) is 12.8. The minimum absolute atomic E-state index is 0.271. The summed E-state index contributed by atoms with van der Waals surface area (Å²) in [6, 6.07) is 17.0. The number of ether oxygens (including phenoxy) is 1. The van der Waals surface area contributed by atoms with Crippen LogP contribution < -0.4 is 16.2 Å². The molecule has 204 valence electrons. The summed E-state index contributed by atoms with van der Waals surface area (Å²) in [6.45, 7) is 9.82. The number of fused-ring (bicyclic) bond motifs is 1. The fraction of sp³-hybridized carbons (Fsp3) is 0.258. The van der Waals surface area contributed by atoms with Gasteiger partial charge in [0.1, 0.15) is 17.3 Å². The Labute approximate surface area is 228 Å². The van der Waals surface area contributed by atoms with Crippen molar-refractivity contribution in [2.24, 2.45) is 22.4 Å². The van der Waals surface area contributed by atoms with Crippen molar-refractivity contribution in [2.75, 3.05) is 0 Å². The van der Waals surface area contributed by atoms with Crippen LogP contribution in [0.15, 0.2) is 77.5 Å². The fourth-order valence-electron chi connectivity index (χ4n) is 3.72. The molecule has 0 radical (unpaired) electrons. The Morgan fingerprint density at radius 2 is 1.74 bits per heavy atom. The molecular weight excluding hydrogens is 493 g/mol. The number of nitrogens with zero attached hydrogens (tertiary/aromatic N) is 2. The number of nitrogens with two attached hydrogens (primary N) is 2. The number of aromatic nitrogens is 2. The lowest BCUT2D eigenvalue weighted by Crippen LogP contribution is -2.26. The molecule has 4 aromatic rings. The van der Waals surface area contributed by atoms with Gasteiger partial charge in [-0.25, -0.2) is 4.39 Å². The zero-order valence-corrected chi connectivity index (χ0v) is 23.1. The van der Waals surface area contributed by atoms with E-state index in [4.69, 9.17) is 21.2 Å². The highest BCUT2D eigenvalue weighted by atomic mass is 19.1. The molecule has 0 saturated carbocycles. The molecule has 0 fully saturated rings. The van der Waals surface area contributed by atoms with Crippen LogP contribution in [-0.2, 0) is 4.79 Å². The highest BCUT2D eigenvalue weighted by molar-refractivity contribution is 6.04. The van der Waals surface area contributed by atoms with E-state index in [1.165, 1.54) is 25.0 Å². The summed E-state index contributed by atoms with van der Waals surface area (Å²) in [5.74, 6) is -0.517. The summed E-state index contributed by atoms with van der Waals surface area (Å²) in [4.78, 5) is 16.9. The van der Waals surface area contributed by atoms with Gasteiger partial charge in [-0.15, -0.1) is 0 Å². The monoisotopic (exact) mass is 529 g/mol. The third-order valence-electron chi connectivity index (χ3n) is 6.32. The Bertz CT molecular complexity index is 1490. The van der Waals surface area contributed by atoms with Crippen LogP contribution in [0.5, 0.6) is 11.5 Å². The van der Waals surface area contributed by atoms with E-state index in [0.717, 1.165) is 27.6 Å². The topological polar surface area (TPSA) is 119 Å². The van der Waals surface area contributed by atoms with E-state index in [2.05, 4.69) is 24.0 Å². The molecule has 0 aliphatic rings. The van der Waals surface area contributed by atoms with E-state index in [-0.39, 0.29) is 11.5 Å². The Balaban J connectivity index is 0.000000983. The van der Waals surface area contributed by atoms with Crippen LogP contribution in [0, 0.1) is 18.7 Å². The number of carbonyl (C=O) groups excluding carboxylic acids is 1. The van der Waals surface area contributed by atoms with Gasteiger partial charge in [0, 0.05) is 22.4 Å². The van der Waals surface area contributed by atoms with E-state index in [0.29, 0.717) is 22.9 Å². The quantitative estimate of drug-likeness (QED) is 0.216. The van der Waals surface area contributed by atoms with Gasteiger partial charge >= 0.3 is 0 Å². The van der Waals surface area contributed by atoms with E-state index in [9.17, 15) is 9.18 Å². The van der Waals surface area contributed by atoms with Gasteiger partial charge in [0.15, 0.2) is 0 Å². The second-order valence-electron chi connectivity index (χ2n) is 9.30. The molecule has 8 heteroatoms. The molecule has 4 rings (SSSR count). The van der Waals surface area contributed by atoms with Gasteiger partial charge in [-0.2, -0.15) is 5.10 Å². The Morgan fingerprint density at radius 3 is 2.38 bits per heavy atom. The number of unbranched alkanes of at least 4 members (excludes halogenated alkanes) is 1. The summed E-state index contributed by atoms with van der Waals surface area (Å²) in [7, 11) is 0. The number of nitrogens with one attached hydrogen (secondary N) is 1. The molecular formula is C31H36FN5O2. The number of aliphatic imine (C=N–C) groups is 1. The molecule has 1 atom stereocenters. The Kier molecular flexibility index (Phi) is 9.98. The molecule has 1 heterocycles. The lowest BCUT2D eigenvalue weighted by atomic mass is 9.96. The zero-order valence-electron chi connectivity index (χ0n) is 23.1. The number of hydrogen-bond acceptors (Lipinski definition) is 5. The molecule has 1 unspecified atom stereocenters. The number of primary amides is 1. The van der Waals surface area contributed by atoms with Crippen molar-refractivity contribution in [3.63, 3.8) is 0 Å². The average Bonchev–Trinajstić information content (AvgIpc) is 3.41. The van der Waals surface area contributed by atoms with Crippen molar-refractivity contribution in [1.29, 1.82) is 0 Å². The minimum Gasteiger partial charge on any atom is -0.457 e. The summed E-state index contributed by atoms with van der Waals surface area (Å²) in [5, 5.41) is 7.95. The fourth-order valence-corrected chi connectivity index (χ4v) is 3.72. The van der Waals surface area contributed by atoms with Crippen LogP contribution in [0.3, 0.4) is 0 Å². The zero-order chi connectivity index (χ0) is 28.5. The van der Waals surface area contributed by atoms with Crippen LogP contribution in [0.4, 0.5) is 4.39 Å². The third kappa shape index (κ3) is 7.31. The molecule has 7 nitrogen and oxygen atoms in total. The van der Waals surface area contributed by atoms with Crippen LogP contribution in [0.2, 0.25) is 0 Å². The molecule has 0 spiro atoms. The largest absolute Gasteiger partial charge is 0.457 e. The first-order chi connectivity index (χ1) is 18.7. The molecule has 1 amide bonds. The van der Waals surface area contributed by atoms with Crippen molar-refractivity contribution in [1.82, 2.24) is 10.2 Å². The lowest BCUT2D eigenvalue weighted by molar-refractivity contribution is -0.120. The number of aromatic amines is 1. The highest BCUT2D eigenvalue weighted by Gasteiger charge is 2.21. The number of hydrogen-bond donors (Lipinski definition) is 3. The molecule has 0 saturated heterocycles. The van der Waals surface area contributed by atoms with Gasteiger partial charge in [0.2, 0.25) is 5.91 Å². The van der Waals surface area contributed by atoms with Crippen molar-refractivity contribution in [2.45, 2.75) is 47.5 Å². The molecule has 0 bridgehead atoms. The number of rotatable bonds is 8. The van der Waals surface area contributed by atoms with E-state index >= 15 is 0 Å². The molecule has 3 aromatic carbocycles. The van der Waals surface area contributed by atoms with Gasteiger partial charge in [-0.1, -0.05) is 44.9 Å². The maximum absolute atomic E-state index is 13.2. The van der Waals surface area contributed by atoms with Gasteiger partial charge in [0.05, 0.1) is 23.3 Å². The van der Waals surface area contributed by atoms with E-state index in [1.54, 1.807) is 31.3 Å². The molecule has 0 aliphatic heterocycles.